The Morgan fingerprint density at radius 2 is 2.08 bits per heavy atom. The maximum Gasteiger partial charge on any atom is 0.136 e. The molecule has 0 radical (unpaired) electrons. The number of benzene rings is 1. The van der Waals surface area contributed by atoms with E-state index in [0.29, 0.717) is 6.54 Å². The van der Waals surface area contributed by atoms with E-state index in [1.807, 2.05) is 6.07 Å². The van der Waals surface area contributed by atoms with E-state index in [1.165, 1.54) is 3.57 Å². The van der Waals surface area contributed by atoms with Gasteiger partial charge in [0.1, 0.15) is 5.75 Å². The van der Waals surface area contributed by atoms with Crippen molar-refractivity contribution in [3.8, 4) is 5.75 Å². The lowest BCUT2D eigenvalue weighted by Crippen LogP contribution is -2.01. The molecule has 0 aromatic heterocycles. The van der Waals surface area contributed by atoms with Gasteiger partial charge in [0, 0.05) is 15.7 Å². The second-order valence-corrected chi connectivity index (χ2v) is 4.69. The van der Waals surface area contributed by atoms with Crippen molar-refractivity contribution in [2.75, 3.05) is 7.11 Å². The second kappa shape index (κ2) is 4.61. The molecule has 0 saturated carbocycles. The molecule has 0 aliphatic carbocycles. The van der Waals surface area contributed by atoms with Crippen molar-refractivity contribution in [1.82, 2.24) is 0 Å². The predicted octanol–water partition coefficient (Wildman–Crippen LogP) is 2.36. The minimum atomic E-state index is 0.524. The van der Waals surface area contributed by atoms with E-state index >= 15 is 0 Å². The molecule has 0 spiro atoms. The van der Waals surface area contributed by atoms with Gasteiger partial charge >= 0.3 is 0 Å². The van der Waals surface area contributed by atoms with E-state index in [2.05, 4.69) is 51.2 Å². The number of methoxy groups -OCH3 is 1. The van der Waals surface area contributed by atoms with Crippen LogP contribution in [0.5, 0.6) is 5.75 Å². The van der Waals surface area contributed by atoms with Gasteiger partial charge in [-0.25, -0.2) is 0 Å². The first-order valence-electron chi connectivity index (χ1n) is 3.41. The molecule has 4 heteroatoms. The van der Waals surface area contributed by atoms with Gasteiger partial charge in [-0.15, -0.1) is 0 Å². The summed E-state index contributed by atoms with van der Waals surface area (Å²) in [7, 11) is 1.67. The van der Waals surface area contributed by atoms with Gasteiger partial charge < -0.3 is 10.5 Å². The first-order valence-corrected chi connectivity index (χ1v) is 5.56. The van der Waals surface area contributed by atoms with Crippen molar-refractivity contribution < 1.29 is 4.74 Å². The summed E-state index contributed by atoms with van der Waals surface area (Å²) >= 11 is 4.52. The fourth-order valence-corrected chi connectivity index (χ4v) is 3.18. The Kier molecular flexibility index (Phi) is 4.04. The molecular weight excluding hydrogens is 380 g/mol. The Bertz CT molecular complexity index is 289. The Morgan fingerprint density at radius 3 is 2.58 bits per heavy atom. The second-order valence-electron chi connectivity index (χ2n) is 2.28. The van der Waals surface area contributed by atoms with E-state index in [1.54, 1.807) is 7.11 Å². The molecule has 0 atom stereocenters. The van der Waals surface area contributed by atoms with Gasteiger partial charge in [-0.05, 0) is 57.3 Å². The molecule has 2 N–H and O–H groups in total. The zero-order valence-corrected chi connectivity index (χ0v) is 10.9. The summed E-state index contributed by atoms with van der Waals surface area (Å²) in [6, 6.07) is 4.11. The van der Waals surface area contributed by atoms with Crippen molar-refractivity contribution >= 4 is 45.2 Å². The lowest BCUT2D eigenvalue weighted by Gasteiger charge is -2.09. The van der Waals surface area contributed by atoms with Crippen LogP contribution in [0.2, 0.25) is 0 Å². The van der Waals surface area contributed by atoms with Crippen LogP contribution in [0.1, 0.15) is 5.56 Å². The van der Waals surface area contributed by atoms with Gasteiger partial charge in [0.2, 0.25) is 0 Å². The molecule has 0 heterocycles. The van der Waals surface area contributed by atoms with Crippen LogP contribution < -0.4 is 10.5 Å². The van der Waals surface area contributed by atoms with E-state index < -0.39 is 0 Å². The van der Waals surface area contributed by atoms with Gasteiger partial charge in [0.15, 0.2) is 0 Å². The summed E-state index contributed by atoms with van der Waals surface area (Å²) in [5.41, 5.74) is 6.64. The Labute approximate surface area is 99.1 Å². The molecule has 0 amide bonds. The van der Waals surface area contributed by atoms with E-state index in [0.717, 1.165) is 14.9 Å². The monoisotopic (exact) mass is 389 g/mol. The smallest absolute Gasteiger partial charge is 0.136 e. The highest BCUT2D eigenvalue weighted by Crippen LogP contribution is 2.27. The summed E-state index contributed by atoms with van der Waals surface area (Å²) in [6.45, 7) is 0.524. The minimum Gasteiger partial charge on any atom is -0.495 e. The molecule has 12 heavy (non-hydrogen) atoms. The number of rotatable bonds is 2. The Morgan fingerprint density at radius 1 is 1.42 bits per heavy atom. The standard InChI is InChI=1S/C8H9I2NO/c1-12-8-5(4-11)2-6(9)3-7(8)10/h2-3H,4,11H2,1H3. The molecule has 1 aromatic rings. The number of halogens is 2. The summed E-state index contributed by atoms with van der Waals surface area (Å²) in [6.07, 6.45) is 0. The molecule has 1 rings (SSSR count). The van der Waals surface area contributed by atoms with Crippen molar-refractivity contribution in [2.24, 2.45) is 5.73 Å². The highest BCUT2D eigenvalue weighted by Gasteiger charge is 2.06. The number of ether oxygens (including phenoxy) is 1. The lowest BCUT2D eigenvalue weighted by atomic mass is 10.2. The van der Waals surface area contributed by atoms with Crippen LogP contribution in [-0.4, -0.2) is 7.11 Å². The largest absolute Gasteiger partial charge is 0.495 e. The van der Waals surface area contributed by atoms with Crippen LogP contribution in [0.4, 0.5) is 0 Å². The molecule has 0 unspecified atom stereocenters. The average molecular weight is 389 g/mol. The summed E-state index contributed by atoms with van der Waals surface area (Å²) in [4.78, 5) is 0. The Balaban J connectivity index is 3.24. The van der Waals surface area contributed by atoms with Crippen molar-refractivity contribution in [1.29, 1.82) is 0 Å². The molecule has 0 fully saturated rings. The van der Waals surface area contributed by atoms with Gasteiger partial charge in [0.25, 0.3) is 0 Å². The fourth-order valence-electron chi connectivity index (χ4n) is 0.994. The molecule has 0 aliphatic heterocycles. The van der Waals surface area contributed by atoms with Crippen LogP contribution in [0.15, 0.2) is 12.1 Å². The van der Waals surface area contributed by atoms with Crippen LogP contribution in [0.25, 0.3) is 0 Å². The normalized spacial score (nSPS) is 10.0. The minimum absolute atomic E-state index is 0.524. The van der Waals surface area contributed by atoms with E-state index in [4.69, 9.17) is 10.5 Å². The molecule has 66 valence electrons. The van der Waals surface area contributed by atoms with Gasteiger partial charge in [-0.2, -0.15) is 0 Å². The number of hydrogen-bond donors (Lipinski definition) is 1. The third kappa shape index (κ3) is 2.23. The predicted molar refractivity (Wildman–Crippen MR) is 66.3 cm³/mol. The van der Waals surface area contributed by atoms with Gasteiger partial charge in [0.05, 0.1) is 10.7 Å². The highest BCUT2D eigenvalue weighted by molar-refractivity contribution is 14.1. The SMILES string of the molecule is COc1c(I)cc(I)cc1CN. The third-order valence-corrected chi connectivity index (χ3v) is 2.93. The molecule has 0 bridgehead atoms. The van der Waals surface area contributed by atoms with Crippen LogP contribution in [0.3, 0.4) is 0 Å². The van der Waals surface area contributed by atoms with E-state index in [9.17, 15) is 0 Å². The maximum absolute atomic E-state index is 5.58. The van der Waals surface area contributed by atoms with Crippen molar-refractivity contribution in [3.05, 3.63) is 24.8 Å². The Hall–Kier alpha value is 0.440. The van der Waals surface area contributed by atoms with Crippen LogP contribution >= 0.6 is 45.2 Å². The molecule has 1 aromatic carbocycles. The fraction of sp³-hybridized carbons (Fsp3) is 0.250. The zero-order valence-electron chi connectivity index (χ0n) is 6.60. The number of hydrogen-bond acceptors (Lipinski definition) is 2. The first-order chi connectivity index (χ1) is 5.69. The summed E-state index contributed by atoms with van der Waals surface area (Å²) < 4.78 is 7.54. The van der Waals surface area contributed by atoms with Gasteiger partial charge in [-0.3, -0.25) is 0 Å². The first kappa shape index (κ1) is 10.5. The average Bonchev–Trinajstić information content (AvgIpc) is 2.03. The quantitative estimate of drug-likeness (QED) is 0.789. The van der Waals surface area contributed by atoms with Crippen molar-refractivity contribution in [3.63, 3.8) is 0 Å². The molecular formula is C8H9I2NO. The van der Waals surface area contributed by atoms with E-state index in [-0.39, 0.29) is 0 Å². The van der Waals surface area contributed by atoms with Crippen LogP contribution in [0, 0.1) is 7.14 Å². The maximum atomic E-state index is 5.58. The number of nitrogens with two attached hydrogens (primary N) is 1. The lowest BCUT2D eigenvalue weighted by molar-refractivity contribution is 0.406. The zero-order chi connectivity index (χ0) is 9.14. The van der Waals surface area contributed by atoms with Gasteiger partial charge in [-0.1, -0.05) is 0 Å². The summed E-state index contributed by atoms with van der Waals surface area (Å²) in [5.74, 6) is 0.901. The molecule has 2 nitrogen and oxygen atoms in total. The topological polar surface area (TPSA) is 35.2 Å². The molecule has 0 aliphatic rings. The highest BCUT2D eigenvalue weighted by atomic mass is 127. The molecule has 0 saturated heterocycles. The van der Waals surface area contributed by atoms with Crippen LogP contribution in [-0.2, 0) is 6.54 Å². The van der Waals surface area contributed by atoms with Crippen molar-refractivity contribution in [2.45, 2.75) is 6.54 Å². The summed E-state index contributed by atoms with van der Waals surface area (Å²) in [5, 5.41) is 0. The third-order valence-electron chi connectivity index (χ3n) is 1.51.